The fourth-order valence-corrected chi connectivity index (χ4v) is 4.00. The largest absolute Gasteiger partial charge is 0.507 e. The molecular formula is C24H31N5O2. The number of benzene rings is 2. The van der Waals surface area contributed by atoms with Crippen molar-refractivity contribution >= 4 is 28.2 Å². The van der Waals surface area contributed by atoms with Crippen molar-refractivity contribution in [1.29, 1.82) is 0 Å². The van der Waals surface area contributed by atoms with Gasteiger partial charge in [-0.3, -0.25) is 9.89 Å². The van der Waals surface area contributed by atoms with Gasteiger partial charge < -0.3 is 20.2 Å². The van der Waals surface area contributed by atoms with E-state index >= 15 is 0 Å². The highest BCUT2D eigenvalue weighted by Crippen LogP contribution is 2.29. The third-order valence-electron chi connectivity index (χ3n) is 5.97. The normalized spacial score (nSPS) is 14.4. The van der Waals surface area contributed by atoms with Gasteiger partial charge in [0, 0.05) is 56.1 Å². The van der Waals surface area contributed by atoms with Gasteiger partial charge in [0.1, 0.15) is 5.75 Å². The number of carbonyl (C=O) groups excluding carboxylic acids is 1. The third-order valence-corrected chi connectivity index (χ3v) is 5.97. The Kier molecular flexibility index (Phi) is 6.13. The molecule has 31 heavy (non-hydrogen) atoms. The number of rotatable bonds is 6. The molecule has 0 aliphatic carbocycles. The molecule has 0 unspecified atom stereocenters. The van der Waals surface area contributed by atoms with Crippen LogP contribution in [0.15, 0.2) is 36.4 Å². The molecule has 7 heteroatoms. The summed E-state index contributed by atoms with van der Waals surface area (Å²) in [6.07, 6.45) is 1.85. The van der Waals surface area contributed by atoms with Gasteiger partial charge in [-0.15, -0.1) is 0 Å². The number of carbonyl (C=O) groups is 1. The number of aromatic hydroxyl groups is 1. The first-order valence-electron chi connectivity index (χ1n) is 11.0. The summed E-state index contributed by atoms with van der Waals surface area (Å²) in [6.45, 7) is 8.28. The van der Waals surface area contributed by atoms with E-state index in [-0.39, 0.29) is 17.2 Å². The summed E-state index contributed by atoms with van der Waals surface area (Å²) < 4.78 is 0. The molecule has 164 valence electrons. The zero-order valence-corrected chi connectivity index (χ0v) is 18.5. The Hall–Kier alpha value is -3.06. The SMILES string of the molecule is CC(C)CCc1n[nH]c2cc(O)c(C(=O)N(C)c3ccc(N4CCNCC4)cc3)cc12. The summed E-state index contributed by atoms with van der Waals surface area (Å²) in [5.74, 6) is 0.284. The van der Waals surface area contributed by atoms with Crippen LogP contribution in [0.2, 0.25) is 0 Å². The summed E-state index contributed by atoms with van der Waals surface area (Å²) in [5.41, 5.74) is 3.91. The number of amides is 1. The molecule has 3 N–H and O–H groups in total. The predicted octanol–water partition coefficient (Wildman–Crippen LogP) is 3.54. The standard InChI is InChI=1S/C24H31N5O2/c1-16(2)4-9-21-19-14-20(23(30)15-22(19)27-26-21)24(31)28(3)17-5-7-18(8-6-17)29-12-10-25-11-13-29/h5-8,14-16,25,30H,4,9-13H2,1-3H3,(H,26,27). The summed E-state index contributed by atoms with van der Waals surface area (Å²) >= 11 is 0. The molecule has 1 aliphatic rings. The number of aromatic amines is 1. The number of aromatic nitrogens is 2. The molecule has 2 aromatic carbocycles. The number of phenolic OH excluding ortho intramolecular Hbond substituents is 1. The molecule has 1 aliphatic heterocycles. The maximum absolute atomic E-state index is 13.2. The zero-order valence-electron chi connectivity index (χ0n) is 18.5. The number of hydrogen-bond acceptors (Lipinski definition) is 5. The van der Waals surface area contributed by atoms with E-state index in [1.165, 1.54) is 0 Å². The second-order valence-electron chi connectivity index (χ2n) is 8.64. The number of aryl methyl sites for hydroxylation is 1. The Balaban J connectivity index is 1.56. The van der Waals surface area contributed by atoms with Gasteiger partial charge in [0.25, 0.3) is 5.91 Å². The molecule has 0 atom stereocenters. The molecule has 7 nitrogen and oxygen atoms in total. The number of anilines is 2. The molecule has 0 bridgehead atoms. The van der Waals surface area contributed by atoms with Crippen LogP contribution in [-0.2, 0) is 6.42 Å². The van der Waals surface area contributed by atoms with Gasteiger partial charge in [-0.2, -0.15) is 5.10 Å². The summed E-state index contributed by atoms with van der Waals surface area (Å²) in [7, 11) is 1.74. The van der Waals surface area contributed by atoms with Crippen LogP contribution in [-0.4, -0.2) is 54.4 Å². The van der Waals surface area contributed by atoms with Gasteiger partial charge in [0.15, 0.2) is 0 Å². The number of fused-ring (bicyclic) bond motifs is 1. The van der Waals surface area contributed by atoms with Crippen LogP contribution in [0.5, 0.6) is 5.75 Å². The molecular weight excluding hydrogens is 390 g/mol. The summed E-state index contributed by atoms with van der Waals surface area (Å²) in [6, 6.07) is 11.4. The lowest BCUT2D eigenvalue weighted by Gasteiger charge is -2.29. The number of nitrogens with one attached hydrogen (secondary N) is 2. The van der Waals surface area contributed by atoms with E-state index in [0.29, 0.717) is 5.92 Å². The Labute approximate surface area is 183 Å². The van der Waals surface area contributed by atoms with Gasteiger partial charge in [-0.05, 0) is 49.1 Å². The minimum Gasteiger partial charge on any atom is -0.507 e. The van der Waals surface area contributed by atoms with E-state index in [0.717, 1.165) is 67.0 Å². The van der Waals surface area contributed by atoms with Crippen molar-refractivity contribution < 1.29 is 9.90 Å². The van der Waals surface area contributed by atoms with Crippen LogP contribution in [0.25, 0.3) is 10.9 Å². The van der Waals surface area contributed by atoms with E-state index in [1.54, 1.807) is 24.1 Å². The molecule has 1 aromatic heterocycles. The Bertz CT molecular complexity index is 1050. The maximum Gasteiger partial charge on any atom is 0.261 e. The van der Waals surface area contributed by atoms with Crippen LogP contribution in [0, 0.1) is 5.92 Å². The first-order chi connectivity index (χ1) is 14.9. The average Bonchev–Trinajstić information content (AvgIpc) is 3.18. The average molecular weight is 422 g/mol. The highest BCUT2D eigenvalue weighted by atomic mass is 16.3. The van der Waals surface area contributed by atoms with Crippen molar-refractivity contribution in [2.75, 3.05) is 43.0 Å². The quantitative estimate of drug-likeness (QED) is 0.567. The van der Waals surface area contributed by atoms with Gasteiger partial charge in [-0.1, -0.05) is 13.8 Å². The fraction of sp³-hybridized carbons (Fsp3) is 0.417. The van der Waals surface area contributed by atoms with Gasteiger partial charge in [-0.25, -0.2) is 0 Å². The Morgan fingerprint density at radius 2 is 1.90 bits per heavy atom. The van der Waals surface area contributed by atoms with Crippen LogP contribution < -0.4 is 15.1 Å². The number of phenols is 1. The number of H-pyrrole nitrogens is 1. The lowest BCUT2D eigenvalue weighted by atomic mass is 10.0. The lowest BCUT2D eigenvalue weighted by Crippen LogP contribution is -2.43. The number of hydrogen-bond donors (Lipinski definition) is 3. The zero-order chi connectivity index (χ0) is 22.0. The van der Waals surface area contributed by atoms with E-state index in [9.17, 15) is 9.90 Å². The van der Waals surface area contributed by atoms with Crippen LogP contribution >= 0.6 is 0 Å². The van der Waals surface area contributed by atoms with Crippen LogP contribution in [0.3, 0.4) is 0 Å². The highest BCUT2D eigenvalue weighted by Gasteiger charge is 2.20. The molecule has 3 aromatic rings. The van der Waals surface area contributed by atoms with E-state index in [2.05, 4.69) is 34.3 Å². The van der Waals surface area contributed by atoms with Crippen molar-refractivity contribution in [3.8, 4) is 5.75 Å². The molecule has 0 saturated carbocycles. The highest BCUT2D eigenvalue weighted by molar-refractivity contribution is 6.09. The Morgan fingerprint density at radius 3 is 2.58 bits per heavy atom. The van der Waals surface area contributed by atoms with Gasteiger partial charge in [0.05, 0.1) is 16.8 Å². The van der Waals surface area contributed by atoms with Crippen LogP contribution in [0.4, 0.5) is 11.4 Å². The minimum absolute atomic E-state index is 0.0409. The topological polar surface area (TPSA) is 84.5 Å². The molecule has 0 radical (unpaired) electrons. The van der Waals surface area contributed by atoms with Crippen molar-refractivity contribution in [3.63, 3.8) is 0 Å². The predicted molar refractivity (Wildman–Crippen MR) is 125 cm³/mol. The van der Waals surface area contributed by atoms with Crippen molar-refractivity contribution in [2.24, 2.45) is 5.92 Å². The van der Waals surface area contributed by atoms with E-state index < -0.39 is 0 Å². The summed E-state index contributed by atoms with van der Waals surface area (Å²) in [5, 5.41) is 22.1. The molecule has 1 saturated heterocycles. The van der Waals surface area contributed by atoms with E-state index in [1.807, 2.05) is 24.3 Å². The van der Waals surface area contributed by atoms with Gasteiger partial charge >= 0.3 is 0 Å². The van der Waals surface area contributed by atoms with Gasteiger partial charge in [0.2, 0.25) is 0 Å². The van der Waals surface area contributed by atoms with Crippen molar-refractivity contribution in [3.05, 3.63) is 47.7 Å². The minimum atomic E-state index is -0.245. The lowest BCUT2D eigenvalue weighted by molar-refractivity contribution is 0.0990. The second kappa shape index (κ2) is 8.98. The molecule has 4 rings (SSSR count). The first kappa shape index (κ1) is 21.2. The smallest absolute Gasteiger partial charge is 0.261 e. The Morgan fingerprint density at radius 1 is 1.19 bits per heavy atom. The molecule has 1 amide bonds. The number of nitrogens with zero attached hydrogens (tertiary/aromatic N) is 3. The maximum atomic E-state index is 13.2. The van der Waals surface area contributed by atoms with Crippen molar-refractivity contribution in [2.45, 2.75) is 26.7 Å². The second-order valence-corrected chi connectivity index (χ2v) is 8.64. The van der Waals surface area contributed by atoms with E-state index in [4.69, 9.17) is 0 Å². The van der Waals surface area contributed by atoms with Crippen LogP contribution in [0.1, 0.15) is 36.3 Å². The van der Waals surface area contributed by atoms with Crippen molar-refractivity contribution in [1.82, 2.24) is 15.5 Å². The third kappa shape index (κ3) is 4.51. The monoisotopic (exact) mass is 421 g/mol. The fourth-order valence-electron chi connectivity index (χ4n) is 4.00. The summed E-state index contributed by atoms with van der Waals surface area (Å²) in [4.78, 5) is 17.1. The molecule has 2 heterocycles. The number of piperazine rings is 1. The molecule has 1 fully saturated rings. The first-order valence-corrected chi connectivity index (χ1v) is 11.0. The molecule has 0 spiro atoms.